The predicted molar refractivity (Wildman–Crippen MR) is 53.6 cm³/mol. The minimum absolute atomic E-state index is 0.660. The van der Waals surface area contributed by atoms with Gasteiger partial charge in [-0.1, -0.05) is 19.3 Å². The Hall–Kier alpha value is -0.990. The highest BCUT2D eigenvalue weighted by Gasteiger charge is 2.21. The number of nitrogens with zero attached hydrogens (tertiary/aromatic N) is 1. The zero-order valence-corrected chi connectivity index (χ0v) is 8.14. The van der Waals surface area contributed by atoms with Gasteiger partial charge in [-0.05, 0) is 25.7 Å². The van der Waals surface area contributed by atoms with Gasteiger partial charge in [-0.15, -0.1) is 0 Å². The van der Waals surface area contributed by atoms with Gasteiger partial charge in [0, 0.05) is 11.3 Å². The molecule has 1 aromatic heterocycles. The Bertz CT molecular complexity index is 265. The minimum Gasteiger partial charge on any atom is -0.382 e. The summed E-state index contributed by atoms with van der Waals surface area (Å²) in [5.41, 5.74) is 8.26. The lowest BCUT2D eigenvalue weighted by atomic mass is 9.84. The first-order chi connectivity index (χ1) is 6.29. The summed E-state index contributed by atoms with van der Waals surface area (Å²) in [6.07, 6.45) is 6.63. The first kappa shape index (κ1) is 8.60. The van der Waals surface area contributed by atoms with E-state index < -0.39 is 0 Å². The third kappa shape index (κ3) is 1.55. The molecular formula is C10H17N3. The molecule has 3 N–H and O–H groups in total. The van der Waals surface area contributed by atoms with Crippen molar-refractivity contribution >= 4 is 5.82 Å². The second-order valence-corrected chi connectivity index (χ2v) is 3.98. The molecule has 0 spiro atoms. The summed E-state index contributed by atoms with van der Waals surface area (Å²) in [5, 5.41) is 7.00. The molecule has 0 atom stereocenters. The summed E-state index contributed by atoms with van der Waals surface area (Å²) in [6.45, 7) is 2.06. The van der Waals surface area contributed by atoms with Gasteiger partial charge in [0.25, 0.3) is 0 Å². The number of hydrogen-bond acceptors (Lipinski definition) is 2. The van der Waals surface area contributed by atoms with Crippen LogP contribution in [-0.2, 0) is 0 Å². The quantitative estimate of drug-likeness (QED) is 0.695. The molecule has 1 aliphatic rings. The van der Waals surface area contributed by atoms with Crippen LogP contribution in [0, 0.1) is 6.92 Å². The van der Waals surface area contributed by atoms with Crippen LogP contribution in [0.15, 0.2) is 0 Å². The van der Waals surface area contributed by atoms with Crippen molar-refractivity contribution in [3.8, 4) is 0 Å². The summed E-state index contributed by atoms with van der Waals surface area (Å²) in [4.78, 5) is 0. The SMILES string of the molecule is Cc1[nH]nc(N)c1C1CCCCC1. The van der Waals surface area contributed by atoms with Crippen LogP contribution in [0.2, 0.25) is 0 Å². The van der Waals surface area contributed by atoms with E-state index in [9.17, 15) is 0 Å². The topological polar surface area (TPSA) is 54.7 Å². The fourth-order valence-corrected chi connectivity index (χ4v) is 2.36. The number of aryl methyl sites for hydroxylation is 1. The number of aromatic nitrogens is 2. The summed E-state index contributed by atoms with van der Waals surface area (Å²) >= 11 is 0. The van der Waals surface area contributed by atoms with E-state index in [1.54, 1.807) is 0 Å². The number of hydrogen-bond donors (Lipinski definition) is 2. The number of nitrogens with one attached hydrogen (secondary N) is 1. The number of aromatic amines is 1. The normalized spacial score (nSPS) is 19.2. The number of H-pyrrole nitrogens is 1. The molecule has 0 saturated heterocycles. The molecule has 72 valence electrons. The zero-order chi connectivity index (χ0) is 9.26. The van der Waals surface area contributed by atoms with Crippen LogP contribution in [0.25, 0.3) is 0 Å². The van der Waals surface area contributed by atoms with Crippen molar-refractivity contribution in [2.45, 2.75) is 44.9 Å². The highest BCUT2D eigenvalue weighted by Crippen LogP contribution is 2.36. The Morgan fingerprint density at radius 2 is 2.00 bits per heavy atom. The van der Waals surface area contributed by atoms with Crippen LogP contribution in [0.3, 0.4) is 0 Å². The van der Waals surface area contributed by atoms with E-state index >= 15 is 0 Å². The fourth-order valence-electron chi connectivity index (χ4n) is 2.36. The smallest absolute Gasteiger partial charge is 0.148 e. The highest BCUT2D eigenvalue weighted by atomic mass is 15.2. The molecule has 1 saturated carbocycles. The predicted octanol–water partition coefficient (Wildman–Crippen LogP) is 2.35. The maximum absolute atomic E-state index is 5.83. The van der Waals surface area contributed by atoms with Crippen molar-refractivity contribution in [3.63, 3.8) is 0 Å². The Morgan fingerprint density at radius 3 is 2.54 bits per heavy atom. The van der Waals surface area contributed by atoms with E-state index in [0.29, 0.717) is 11.7 Å². The Kier molecular flexibility index (Phi) is 2.25. The first-order valence-corrected chi connectivity index (χ1v) is 5.09. The van der Waals surface area contributed by atoms with Crippen LogP contribution >= 0.6 is 0 Å². The molecule has 1 fully saturated rings. The van der Waals surface area contributed by atoms with Crippen LogP contribution in [-0.4, -0.2) is 10.2 Å². The molecule has 0 aliphatic heterocycles. The second-order valence-electron chi connectivity index (χ2n) is 3.98. The average Bonchev–Trinajstić information content (AvgIpc) is 2.48. The largest absolute Gasteiger partial charge is 0.382 e. The lowest BCUT2D eigenvalue weighted by molar-refractivity contribution is 0.443. The third-order valence-electron chi connectivity index (χ3n) is 3.04. The van der Waals surface area contributed by atoms with Crippen molar-refractivity contribution < 1.29 is 0 Å². The number of nitrogen functional groups attached to an aromatic ring is 1. The minimum atomic E-state index is 0.660. The van der Waals surface area contributed by atoms with Gasteiger partial charge in [0.1, 0.15) is 5.82 Å². The number of rotatable bonds is 1. The van der Waals surface area contributed by atoms with E-state index in [1.807, 2.05) is 0 Å². The third-order valence-corrected chi connectivity index (χ3v) is 3.04. The second kappa shape index (κ2) is 3.40. The van der Waals surface area contributed by atoms with Crippen molar-refractivity contribution in [2.24, 2.45) is 0 Å². The summed E-state index contributed by atoms with van der Waals surface area (Å²) in [7, 11) is 0. The Labute approximate surface area is 78.7 Å². The van der Waals surface area contributed by atoms with Gasteiger partial charge in [-0.3, -0.25) is 5.10 Å². The van der Waals surface area contributed by atoms with Gasteiger partial charge >= 0.3 is 0 Å². The van der Waals surface area contributed by atoms with E-state index in [2.05, 4.69) is 17.1 Å². The molecule has 0 amide bonds. The van der Waals surface area contributed by atoms with Crippen LogP contribution < -0.4 is 5.73 Å². The van der Waals surface area contributed by atoms with Crippen LogP contribution in [0.1, 0.15) is 49.3 Å². The molecule has 0 aromatic carbocycles. The average molecular weight is 179 g/mol. The van der Waals surface area contributed by atoms with Gasteiger partial charge in [-0.2, -0.15) is 5.10 Å². The lowest BCUT2D eigenvalue weighted by Crippen LogP contribution is -2.07. The van der Waals surface area contributed by atoms with Gasteiger partial charge in [0.2, 0.25) is 0 Å². The Morgan fingerprint density at radius 1 is 1.31 bits per heavy atom. The molecule has 1 heterocycles. The molecule has 3 nitrogen and oxygen atoms in total. The van der Waals surface area contributed by atoms with Crippen molar-refractivity contribution in [2.75, 3.05) is 5.73 Å². The van der Waals surface area contributed by atoms with Gasteiger partial charge in [-0.25, -0.2) is 0 Å². The monoisotopic (exact) mass is 179 g/mol. The van der Waals surface area contributed by atoms with Crippen LogP contribution in [0.5, 0.6) is 0 Å². The number of nitrogens with two attached hydrogens (primary N) is 1. The van der Waals surface area contributed by atoms with E-state index in [-0.39, 0.29) is 0 Å². The lowest BCUT2D eigenvalue weighted by Gasteiger charge is -2.21. The van der Waals surface area contributed by atoms with Gasteiger partial charge in [0.05, 0.1) is 0 Å². The van der Waals surface area contributed by atoms with Gasteiger partial charge in [0.15, 0.2) is 0 Å². The van der Waals surface area contributed by atoms with Gasteiger partial charge < -0.3 is 5.73 Å². The molecule has 1 aromatic rings. The molecule has 2 rings (SSSR count). The van der Waals surface area contributed by atoms with Crippen LogP contribution in [0.4, 0.5) is 5.82 Å². The first-order valence-electron chi connectivity index (χ1n) is 5.09. The standard InChI is InChI=1S/C10H17N3/c1-7-9(10(11)13-12-7)8-5-3-2-4-6-8/h8H,2-6H2,1H3,(H3,11,12,13). The molecule has 1 aliphatic carbocycles. The Balaban J connectivity index is 2.22. The van der Waals surface area contributed by atoms with Crippen molar-refractivity contribution in [1.29, 1.82) is 0 Å². The summed E-state index contributed by atoms with van der Waals surface area (Å²) in [6, 6.07) is 0. The zero-order valence-electron chi connectivity index (χ0n) is 8.14. The van der Waals surface area contributed by atoms with Crippen molar-refractivity contribution in [3.05, 3.63) is 11.3 Å². The van der Waals surface area contributed by atoms with Crippen molar-refractivity contribution in [1.82, 2.24) is 10.2 Å². The van der Waals surface area contributed by atoms with E-state index in [0.717, 1.165) is 5.69 Å². The molecule has 0 radical (unpaired) electrons. The highest BCUT2D eigenvalue weighted by molar-refractivity contribution is 5.44. The summed E-state index contributed by atoms with van der Waals surface area (Å²) in [5.74, 6) is 1.37. The molecule has 13 heavy (non-hydrogen) atoms. The fraction of sp³-hybridized carbons (Fsp3) is 0.700. The number of anilines is 1. The molecule has 3 heteroatoms. The van der Waals surface area contributed by atoms with E-state index in [4.69, 9.17) is 5.73 Å². The van der Waals surface area contributed by atoms with E-state index in [1.165, 1.54) is 37.7 Å². The molecule has 0 unspecified atom stereocenters. The molecule has 0 bridgehead atoms. The summed E-state index contributed by atoms with van der Waals surface area (Å²) < 4.78 is 0. The maximum Gasteiger partial charge on any atom is 0.148 e. The molecular weight excluding hydrogens is 162 g/mol. The maximum atomic E-state index is 5.83.